The van der Waals surface area contributed by atoms with E-state index < -0.39 is 30.5 Å². The predicted octanol–water partition coefficient (Wildman–Crippen LogP) is -1.12. The summed E-state index contributed by atoms with van der Waals surface area (Å²) in [5.74, 6) is 0. The molecule has 0 spiro atoms. The standard InChI is InChI=1S/C7H14O4/c1-3-5(8)7(10)6(9)4(2)11-3/h3-10H,1-2H3/t3?,4?,5-,6+,7-. The highest BCUT2D eigenvalue weighted by atomic mass is 16.5. The molecule has 2 unspecified atom stereocenters. The number of ether oxygens (including phenoxy) is 1. The van der Waals surface area contributed by atoms with E-state index in [-0.39, 0.29) is 0 Å². The summed E-state index contributed by atoms with van der Waals surface area (Å²) < 4.78 is 5.12. The molecule has 0 saturated carbocycles. The highest BCUT2D eigenvalue weighted by Crippen LogP contribution is 2.19. The van der Waals surface area contributed by atoms with Crippen LogP contribution in [0.5, 0.6) is 0 Å². The monoisotopic (exact) mass is 162 g/mol. The first-order valence-corrected chi connectivity index (χ1v) is 3.73. The maximum absolute atomic E-state index is 9.21. The van der Waals surface area contributed by atoms with Crippen LogP contribution in [0.15, 0.2) is 0 Å². The summed E-state index contributed by atoms with van der Waals surface area (Å²) in [6.45, 7) is 3.33. The average molecular weight is 162 g/mol. The molecule has 1 aliphatic heterocycles. The molecule has 0 radical (unpaired) electrons. The van der Waals surface area contributed by atoms with Gasteiger partial charge in [0.2, 0.25) is 0 Å². The lowest BCUT2D eigenvalue weighted by molar-refractivity contribution is -0.211. The smallest absolute Gasteiger partial charge is 0.111 e. The zero-order chi connectivity index (χ0) is 8.59. The molecule has 5 atom stereocenters. The van der Waals surface area contributed by atoms with E-state index in [1.54, 1.807) is 13.8 Å². The van der Waals surface area contributed by atoms with Gasteiger partial charge in [-0.1, -0.05) is 0 Å². The highest BCUT2D eigenvalue weighted by Gasteiger charge is 2.39. The molecule has 1 aliphatic rings. The second-order valence-corrected chi connectivity index (χ2v) is 3.02. The van der Waals surface area contributed by atoms with Crippen molar-refractivity contribution in [2.45, 2.75) is 44.4 Å². The molecule has 0 aromatic carbocycles. The van der Waals surface area contributed by atoms with E-state index in [4.69, 9.17) is 4.74 Å². The van der Waals surface area contributed by atoms with Crippen LogP contribution in [0.3, 0.4) is 0 Å². The van der Waals surface area contributed by atoms with Gasteiger partial charge in [0.1, 0.15) is 18.3 Å². The van der Waals surface area contributed by atoms with Gasteiger partial charge < -0.3 is 20.1 Å². The van der Waals surface area contributed by atoms with Crippen LogP contribution in [-0.2, 0) is 4.74 Å². The number of rotatable bonds is 0. The minimum Gasteiger partial charge on any atom is -0.388 e. The van der Waals surface area contributed by atoms with Gasteiger partial charge in [0, 0.05) is 0 Å². The zero-order valence-electron chi connectivity index (χ0n) is 6.64. The molecule has 1 saturated heterocycles. The number of hydrogen-bond acceptors (Lipinski definition) is 4. The van der Waals surface area contributed by atoms with Gasteiger partial charge in [0.05, 0.1) is 12.2 Å². The van der Waals surface area contributed by atoms with Gasteiger partial charge in [0.25, 0.3) is 0 Å². The lowest BCUT2D eigenvalue weighted by Gasteiger charge is -2.37. The van der Waals surface area contributed by atoms with Crippen LogP contribution >= 0.6 is 0 Å². The van der Waals surface area contributed by atoms with E-state index >= 15 is 0 Å². The van der Waals surface area contributed by atoms with Gasteiger partial charge >= 0.3 is 0 Å². The van der Waals surface area contributed by atoms with Crippen molar-refractivity contribution in [1.82, 2.24) is 0 Å². The molecular weight excluding hydrogens is 148 g/mol. The second kappa shape index (κ2) is 3.06. The Morgan fingerprint density at radius 1 is 0.818 bits per heavy atom. The molecule has 4 nitrogen and oxygen atoms in total. The third kappa shape index (κ3) is 1.54. The van der Waals surface area contributed by atoms with Crippen molar-refractivity contribution in [2.75, 3.05) is 0 Å². The van der Waals surface area contributed by atoms with E-state index in [9.17, 15) is 15.3 Å². The highest BCUT2D eigenvalue weighted by molar-refractivity contribution is 4.88. The summed E-state index contributed by atoms with van der Waals surface area (Å²) in [7, 11) is 0. The summed E-state index contributed by atoms with van der Waals surface area (Å²) >= 11 is 0. The minimum absolute atomic E-state index is 0.414. The molecule has 3 N–H and O–H groups in total. The zero-order valence-corrected chi connectivity index (χ0v) is 6.64. The van der Waals surface area contributed by atoms with Crippen molar-refractivity contribution >= 4 is 0 Å². The van der Waals surface area contributed by atoms with E-state index in [1.807, 2.05) is 0 Å². The Bertz CT molecular complexity index is 124. The fourth-order valence-corrected chi connectivity index (χ4v) is 1.26. The SMILES string of the molecule is CC1OC(C)[C@H](O)[C@H](O)[C@@H]1O. The summed E-state index contributed by atoms with van der Waals surface area (Å²) in [6, 6.07) is 0. The second-order valence-electron chi connectivity index (χ2n) is 3.02. The third-order valence-corrected chi connectivity index (χ3v) is 2.09. The fourth-order valence-electron chi connectivity index (χ4n) is 1.26. The molecule has 1 fully saturated rings. The Morgan fingerprint density at radius 2 is 1.18 bits per heavy atom. The Kier molecular flexibility index (Phi) is 2.49. The van der Waals surface area contributed by atoms with Crippen LogP contribution in [0.25, 0.3) is 0 Å². The fraction of sp³-hybridized carbons (Fsp3) is 1.00. The number of hydrogen-bond donors (Lipinski definition) is 3. The molecule has 0 aromatic heterocycles. The van der Waals surface area contributed by atoms with Crippen molar-refractivity contribution < 1.29 is 20.1 Å². The van der Waals surface area contributed by atoms with Gasteiger partial charge in [-0.2, -0.15) is 0 Å². The molecule has 0 aromatic rings. The van der Waals surface area contributed by atoms with Crippen LogP contribution in [-0.4, -0.2) is 45.8 Å². The summed E-state index contributed by atoms with van der Waals surface area (Å²) in [6.07, 6.45) is -3.89. The Morgan fingerprint density at radius 3 is 1.55 bits per heavy atom. The first-order chi connectivity index (χ1) is 5.04. The van der Waals surface area contributed by atoms with Gasteiger partial charge in [-0.25, -0.2) is 0 Å². The molecule has 1 rings (SSSR count). The molecular formula is C7H14O4. The normalized spacial score (nSPS) is 52.6. The van der Waals surface area contributed by atoms with Crippen LogP contribution in [0.1, 0.15) is 13.8 Å². The van der Waals surface area contributed by atoms with Crippen LogP contribution in [0.2, 0.25) is 0 Å². The quantitative estimate of drug-likeness (QED) is 0.422. The van der Waals surface area contributed by atoms with E-state index in [0.29, 0.717) is 0 Å². The van der Waals surface area contributed by atoms with Crippen molar-refractivity contribution in [3.63, 3.8) is 0 Å². The van der Waals surface area contributed by atoms with Crippen molar-refractivity contribution in [2.24, 2.45) is 0 Å². The van der Waals surface area contributed by atoms with E-state index in [0.717, 1.165) is 0 Å². The van der Waals surface area contributed by atoms with E-state index in [1.165, 1.54) is 0 Å². The van der Waals surface area contributed by atoms with Crippen molar-refractivity contribution in [3.05, 3.63) is 0 Å². The third-order valence-electron chi connectivity index (χ3n) is 2.09. The van der Waals surface area contributed by atoms with Crippen molar-refractivity contribution in [1.29, 1.82) is 0 Å². The minimum atomic E-state index is -1.09. The van der Waals surface area contributed by atoms with E-state index in [2.05, 4.69) is 0 Å². The van der Waals surface area contributed by atoms with Gasteiger partial charge in [-0.15, -0.1) is 0 Å². The maximum atomic E-state index is 9.21. The van der Waals surface area contributed by atoms with Crippen molar-refractivity contribution in [3.8, 4) is 0 Å². The molecule has 1 heterocycles. The molecule has 0 bridgehead atoms. The largest absolute Gasteiger partial charge is 0.388 e. The number of aliphatic hydroxyl groups is 3. The Hall–Kier alpha value is -0.160. The topological polar surface area (TPSA) is 69.9 Å². The molecule has 0 aliphatic carbocycles. The Balaban J connectivity index is 2.63. The van der Waals surface area contributed by atoms with Crippen LogP contribution in [0.4, 0.5) is 0 Å². The van der Waals surface area contributed by atoms with Crippen LogP contribution in [0, 0.1) is 0 Å². The Labute approximate surface area is 65.4 Å². The maximum Gasteiger partial charge on any atom is 0.111 e. The molecule has 0 amide bonds. The number of aliphatic hydroxyl groups excluding tert-OH is 3. The molecule has 4 heteroatoms. The first-order valence-electron chi connectivity index (χ1n) is 3.73. The average Bonchev–Trinajstić information content (AvgIpc) is 1.97. The predicted molar refractivity (Wildman–Crippen MR) is 38.0 cm³/mol. The summed E-state index contributed by atoms with van der Waals surface area (Å²) in [4.78, 5) is 0. The summed E-state index contributed by atoms with van der Waals surface area (Å²) in [5.41, 5.74) is 0. The lowest BCUT2D eigenvalue weighted by atomic mass is 9.97. The lowest BCUT2D eigenvalue weighted by Crippen LogP contribution is -2.55. The molecule has 11 heavy (non-hydrogen) atoms. The van der Waals surface area contributed by atoms with Gasteiger partial charge in [-0.05, 0) is 13.8 Å². The van der Waals surface area contributed by atoms with Gasteiger partial charge in [0.15, 0.2) is 0 Å². The van der Waals surface area contributed by atoms with Crippen LogP contribution < -0.4 is 0 Å². The van der Waals surface area contributed by atoms with Gasteiger partial charge in [-0.3, -0.25) is 0 Å². The molecule has 66 valence electrons. The summed E-state index contributed by atoms with van der Waals surface area (Å²) in [5, 5.41) is 27.6. The first kappa shape index (κ1) is 8.93.